The fraction of sp³-hybridized carbons (Fsp3) is 0.526. The molecule has 1 saturated carbocycles. The number of fused-ring (bicyclic) bond motifs is 1. The number of hydrogen-bond donors (Lipinski definition) is 1. The summed E-state index contributed by atoms with van der Waals surface area (Å²) >= 11 is 0. The van der Waals surface area contributed by atoms with Crippen LogP contribution in [0.5, 0.6) is 0 Å². The van der Waals surface area contributed by atoms with Crippen molar-refractivity contribution >= 4 is 15.9 Å². The topological polar surface area (TPSA) is 66.5 Å². The lowest BCUT2D eigenvalue weighted by Gasteiger charge is -2.41. The summed E-state index contributed by atoms with van der Waals surface area (Å²) in [5.74, 6) is 1.30. The number of carbonyl (C=O) groups excluding carboxylic acids is 1. The molecule has 25 heavy (non-hydrogen) atoms. The Morgan fingerprint density at radius 3 is 2.76 bits per heavy atom. The number of hydrogen-bond acceptors (Lipinski definition) is 3. The highest BCUT2D eigenvalue weighted by Crippen LogP contribution is 2.36. The van der Waals surface area contributed by atoms with Gasteiger partial charge in [0.1, 0.15) is 0 Å². The van der Waals surface area contributed by atoms with Gasteiger partial charge in [-0.25, -0.2) is 13.1 Å². The van der Waals surface area contributed by atoms with Crippen LogP contribution in [-0.2, 0) is 10.0 Å². The number of rotatable bonds is 5. The Kier molecular flexibility index (Phi) is 5.59. The summed E-state index contributed by atoms with van der Waals surface area (Å²) in [4.78, 5) is 14.9. The van der Waals surface area contributed by atoms with Crippen LogP contribution in [0.4, 0.5) is 0 Å². The summed E-state index contributed by atoms with van der Waals surface area (Å²) in [5, 5.41) is 0. The van der Waals surface area contributed by atoms with Gasteiger partial charge in [-0.05, 0) is 42.9 Å². The van der Waals surface area contributed by atoms with Crippen molar-refractivity contribution in [2.24, 2.45) is 11.8 Å². The second kappa shape index (κ2) is 7.70. The van der Waals surface area contributed by atoms with Crippen molar-refractivity contribution in [3.8, 4) is 0 Å². The molecule has 2 atom stereocenters. The molecule has 1 N–H and O–H groups in total. The first-order chi connectivity index (χ1) is 12.0. The van der Waals surface area contributed by atoms with Gasteiger partial charge in [-0.2, -0.15) is 0 Å². The maximum atomic E-state index is 12.9. The Bertz CT molecular complexity index is 745. The summed E-state index contributed by atoms with van der Waals surface area (Å²) in [6.45, 7) is 5.24. The van der Waals surface area contributed by atoms with Gasteiger partial charge >= 0.3 is 0 Å². The molecule has 0 spiro atoms. The molecule has 3 rings (SSSR count). The molecule has 1 aliphatic heterocycles. The predicted molar refractivity (Wildman–Crippen MR) is 97.8 cm³/mol. The number of carbonyl (C=O) groups is 1. The Balaban J connectivity index is 1.74. The number of amides is 1. The largest absolute Gasteiger partial charge is 0.338 e. The number of nitrogens with zero attached hydrogens (tertiary/aromatic N) is 1. The molecule has 0 unspecified atom stereocenters. The van der Waals surface area contributed by atoms with Crippen molar-refractivity contribution in [3.63, 3.8) is 0 Å². The van der Waals surface area contributed by atoms with Crippen LogP contribution in [0.25, 0.3) is 0 Å². The minimum atomic E-state index is -3.62. The van der Waals surface area contributed by atoms with E-state index in [0.29, 0.717) is 11.5 Å². The highest BCUT2D eigenvalue weighted by molar-refractivity contribution is 7.89. The first-order valence-corrected chi connectivity index (χ1v) is 10.5. The summed E-state index contributed by atoms with van der Waals surface area (Å²) in [6, 6.07) is 6.31. The molecule has 2 fully saturated rings. The van der Waals surface area contributed by atoms with Gasteiger partial charge in [-0.3, -0.25) is 4.79 Å². The van der Waals surface area contributed by atoms with E-state index >= 15 is 0 Å². The quantitative estimate of drug-likeness (QED) is 0.819. The zero-order valence-corrected chi connectivity index (χ0v) is 15.3. The van der Waals surface area contributed by atoms with E-state index in [1.54, 1.807) is 12.1 Å². The maximum absolute atomic E-state index is 12.9. The van der Waals surface area contributed by atoms with E-state index in [1.807, 2.05) is 4.90 Å². The lowest BCUT2D eigenvalue weighted by Crippen LogP contribution is -2.44. The minimum absolute atomic E-state index is 0.0650. The normalized spacial score (nSPS) is 23.8. The van der Waals surface area contributed by atoms with Crippen LogP contribution in [0, 0.1) is 11.8 Å². The minimum Gasteiger partial charge on any atom is -0.338 e. The molecule has 2 aliphatic rings. The number of benzene rings is 1. The van der Waals surface area contributed by atoms with E-state index in [1.165, 1.54) is 43.9 Å². The molecule has 0 aromatic heterocycles. The standard InChI is InChI=1S/C19H26N2O3S/c1-2-11-20-25(23,24)18-9-5-8-16(13-18)19(22)21-12-10-15-6-3-4-7-17(15)14-21/h2,5,8-9,13,15,17,20H,1,3-4,6-7,10-12,14H2/t15-,17+/m1/s1. The van der Waals surface area contributed by atoms with Crippen LogP contribution < -0.4 is 4.72 Å². The van der Waals surface area contributed by atoms with Crippen LogP contribution >= 0.6 is 0 Å². The van der Waals surface area contributed by atoms with Gasteiger partial charge in [0, 0.05) is 25.2 Å². The molecule has 5 nitrogen and oxygen atoms in total. The van der Waals surface area contributed by atoms with E-state index in [0.717, 1.165) is 25.4 Å². The summed E-state index contributed by atoms with van der Waals surface area (Å²) in [7, 11) is -3.62. The summed E-state index contributed by atoms with van der Waals surface area (Å²) < 4.78 is 26.9. The predicted octanol–water partition coefficient (Wildman–Crippen LogP) is 2.80. The van der Waals surface area contributed by atoms with Gasteiger partial charge in [0.15, 0.2) is 0 Å². The fourth-order valence-electron chi connectivity index (χ4n) is 4.02. The molecule has 1 saturated heterocycles. The smallest absolute Gasteiger partial charge is 0.253 e. The lowest BCUT2D eigenvalue weighted by atomic mass is 9.75. The SMILES string of the molecule is C=CCNS(=O)(=O)c1cccc(C(=O)N2CC[C@H]3CCCC[C@H]3C2)c1. The first kappa shape index (κ1) is 18.1. The average molecular weight is 362 g/mol. The van der Waals surface area contributed by atoms with Gasteiger partial charge in [0.2, 0.25) is 10.0 Å². The molecule has 1 amide bonds. The Morgan fingerprint density at radius 2 is 2.00 bits per heavy atom. The maximum Gasteiger partial charge on any atom is 0.253 e. The molecular weight excluding hydrogens is 336 g/mol. The second-order valence-corrected chi connectivity index (χ2v) is 8.78. The van der Waals surface area contributed by atoms with Gasteiger partial charge in [-0.15, -0.1) is 6.58 Å². The number of nitrogens with one attached hydrogen (secondary N) is 1. The molecule has 6 heteroatoms. The van der Waals surface area contributed by atoms with Crippen molar-refractivity contribution in [2.75, 3.05) is 19.6 Å². The third-order valence-electron chi connectivity index (χ3n) is 5.39. The van der Waals surface area contributed by atoms with Crippen LogP contribution in [0.3, 0.4) is 0 Å². The Morgan fingerprint density at radius 1 is 1.24 bits per heavy atom. The number of likely N-dealkylation sites (tertiary alicyclic amines) is 1. The zero-order valence-electron chi connectivity index (χ0n) is 14.5. The van der Waals surface area contributed by atoms with Crippen LogP contribution in [-0.4, -0.2) is 38.9 Å². The van der Waals surface area contributed by atoms with Crippen LogP contribution in [0.1, 0.15) is 42.5 Å². The third-order valence-corrected chi connectivity index (χ3v) is 6.81. The zero-order chi connectivity index (χ0) is 17.9. The van der Waals surface area contributed by atoms with Crippen LogP contribution in [0.15, 0.2) is 41.8 Å². The van der Waals surface area contributed by atoms with Gasteiger partial charge in [-0.1, -0.05) is 31.4 Å². The first-order valence-electron chi connectivity index (χ1n) is 9.01. The van der Waals surface area contributed by atoms with Crippen molar-refractivity contribution in [1.29, 1.82) is 0 Å². The van der Waals surface area contributed by atoms with Gasteiger partial charge in [0.05, 0.1) is 4.90 Å². The van der Waals surface area contributed by atoms with Crippen molar-refractivity contribution in [3.05, 3.63) is 42.5 Å². The molecule has 1 aliphatic carbocycles. The van der Waals surface area contributed by atoms with Gasteiger partial charge in [0.25, 0.3) is 5.91 Å². The molecule has 0 bridgehead atoms. The lowest BCUT2D eigenvalue weighted by molar-refractivity contribution is 0.0520. The van der Waals surface area contributed by atoms with Crippen molar-refractivity contribution in [2.45, 2.75) is 37.0 Å². The fourth-order valence-corrected chi connectivity index (χ4v) is 5.06. The van der Waals surface area contributed by atoms with E-state index in [4.69, 9.17) is 0 Å². The second-order valence-electron chi connectivity index (χ2n) is 7.01. The van der Waals surface area contributed by atoms with E-state index in [-0.39, 0.29) is 17.3 Å². The van der Waals surface area contributed by atoms with Gasteiger partial charge < -0.3 is 4.90 Å². The van der Waals surface area contributed by atoms with Crippen LogP contribution in [0.2, 0.25) is 0 Å². The van der Waals surface area contributed by atoms with E-state index in [2.05, 4.69) is 11.3 Å². The van der Waals surface area contributed by atoms with Crippen molar-refractivity contribution in [1.82, 2.24) is 9.62 Å². The number of piperidine rings is 1. The Hall–Kier alpha value is -1.66. The third kappa shape index (κ3) is 4.12. The highest BCUT2D eigenvalue weighted by Gasteiger charge is 2.33. The average Bonchev–Trinajstić information content (AvgIpc) is 2.65. The number of sulfonamides is 1. The van der Waals surface area contributed by atoms with E-state index in [9.17, 15) is 13.2 Å². The monoisotopic (exact) mass is 362 g/mol. The molecule has 0 radical (unpaired) electrons. The van der Waals surface area contributed by atoms with E-state index < -0.39 is 10.0 Å². The molecular formula is C19H26N2O3S. The summed E-state index contributed by atoms with van der Waals surface area (Å²) in [5.41, 5.74) is 0.440. The van der Waals surface area contributed by atoms with Crippen molar-refractivity contribution < 1.29 is 13.2 Å². The highest BCUT2D eigenvalue weighted by atomic mass is 32.2. The Labute approximate surface area is 150 Å². The summed E-state index contributed by atoms with van der Waals surface area (Å²) in [6.07, 6.45) is 7.61. The molecule has 1 aromatic rings. The molecule has 1 heterocycles. The molecule has 136 valence electrons. The molecule has 1 aromatic carbocycles.